The third-order valence-electron chi connectivity index (χ3n) is 3.55. The molecule has 1 N–H and O–H groups in total. The molecule has 134 valence electrons. The number of hydrogen-bond donors (Lipinski definition) is 1. The largest absolute Gasteiger partial charge is 0.341 e. The summed E-state index contributed by atoms with van der Waals surface area (Å²) in [7, 11) is 0. The molecule has 1 aromatic carbocycles. The van der Waals surface area contributed by atoms with E-state index in [2.05, 4.69) is 34.0 Å². The molecule has 0 saturated heterocycles. The van der Waals surface area contributed by atoms with E-state index < -0.39 is 0 Å². The molecule has 0 spiro atoms. The Morgan fingerprint density at radius 1 is 1.12 bits per heavy atom. The van der Waals surface area contributed by atoms with Crippen LogP contribution in [0.1, 0.15) is 42.9 Å². The standard InChI is InChI=1S/C18H22Cl2N4O/c1-4-9-24(10-5-2)18-21-12(3)11-15(22-18)17(25)23-16-13(19)7-6-8-14(16)20/h6-8,11H,4-5,9-10H2,1-3H3,(H,23,25). The predicted octanol–water partition coefficient (Wildman–Crippen LogP) is 4.97. The second-order valence-electron chi connectivity index (χ2n) is 5.73. The van der Waals surface area contributed by atoms with Crippen molar-refractivity contribution in [1.29, 1.82) is 0 Å². The average molecular weight is 381 g/mol. The summed E-state index contributed by atoms with van der Waals surface area (Å²) >= 11 is 12.2. The predicted molar refractivity (Wildman–Crippen MR) is 104 cm³/mol. The molecule has 1 aromatic heterocycles. The van der Waals surface area contributed by atoms with E-state index in [-0.39, 0.29) is 11.6 Å². The maximum atomic E-state index is 12.6. The topological polar surface area (TPSA) is 58.1 Å². The zero-order valence-corrected chi connectivity index (χ0v) is 16.2. The molecule has 0 atom stereocenters. The van der Waals surface area contributed by atoms with Gasteiger partial charge in [0.15, 0.2) is 0 Å². The van der Waals surface area contributed by atoms with Gasteiger partial charge in [0.05, 0.1) is 15.7 Å². The lowest BCUT2D eigenvalue weighted by atomic mass is 10.2. The van der Waals surface area contributed by atoms with Crippen molar-refractivity contribution in [2.45, 2.75) is 33.6 Å². The van der Waals surface area contributed by atoms with Crippen LogP contribution < -0.4 is 10.2 Å². The molecule has 0 aliphatic heterocycles. The number of nitrogens with one attached hydrogen (secondary N) is 1. The molecule has 0 bridgehead atoms. The number of aryl methyl sites for hydroxylation is 1. The summed E-state index contributed by atoms with van der Waals surface area (Å²) in [5.41, 5.74) is 1.40. The molecule has 5 nitrogen and oxygen atoms in total. The lowest BCUT2D eigenvalue weighted by molar-refractivity contribution is 0.102. The van der Waals surface area contributed by atoms with Crippen molar-refractivity contribution < 1.29 is 4.79 Å². The van der Waals surface area contributed by atoms with Gasteiger partial charge in [-0.1, -0.05) is 43.1 Å². The van der Waals surface area contributed by atoms with Gasteiger partial charge in [-0.15, -0.1) is 0 Å². The summed E-state index contributed by atoms with van der Waals surface area (Å²) in [5.74, 6) is 0.203. The van der Waals surface area contributed by atoms with E-state index in [1.54, 1.807) is 24.3 Å². The van der Waals surface area contributed by atoms with Crippen molar-refractivity contribution in [2.75, 3.05) is 23.3 Å². The average Bonchev–Trinajstić information content (AvgIpc) is 2.57. The molecule has 0 unspecified atom stereocenters. The molecule has 1 heterocycles. The van der Waals surface area contributed by atoms with Crippen molar-refractivity contribution in [1.82, 2.24) is 9.97 Å². The normalized spacial score (nSPS) is 10.6. The van der Waals surface area contributed by atoms with Crippen LogP contribution in [0.4, 0.5) is 11.6 Å². The van der Waals surface area contributed by atoms with Gasteiger partial charge in [-0.25, -0.2) is 9.97 Å². The Morgan fingerprint density at radius 3 is 2.28 bits per heavy atom. The fourth-order valence-corrected chi connectivity index (χ4v) is 2.95. The van der Waals surface area contributed by atoms with Gasteiger partial charge in [-0.2, -0.15) is 0 Å². The van der Waals surface area contributed by atoms with E-state index in [9.17, 15) is 4.79 Å². The Kier molecular flexibility index (Phi) is 7.02. The van der Waals surface area contributed by atoms with Crippen LogP contribution in [0, 0.1) is 6.92 Å². The van der Waals surface area contributed by atoms with Gasteiger partial charge >= 0.3 is 0 Å². The number of para-hydroxylation sites is 1. The van der Waals surface area contributed by atoms with Crippen molar-refractivity contribution in [2.24, 2.45) is 0 Å². The minimum absolute atomic E-state index is 0.288. The molecule has 0 radical (unpaired) electrons. The third kappa shape index (κ3) is 5.06. The Bertz CT molecular complexity index is 726. The summed E-state index contributed by atoms with van der Waals surface area (Å²) in [6.07, 6.45) is 1.96. The van der Waals surface area contributed by atoms with Crippen LogP contribution in [0.5, 0.6) is 0 Å². The van der Waals surface area contributed by atoms with E-state index in [0.717, 1.165) is 31.6 Å². The zero-order valence-electron chi connectivity index (χ0n) is 14.6. The first kappa shape index (κ1) is 19.5. The van der Waals surface area contributed by atoms with Gasteiger partial charge in [0, 0.05) is 18.8 Å². The maximum Gasteiger partial charge on any atom is 0.274 e. The van der Waals surface area contributed by atoms with Crippen molar-refractivity contribution >= 4 is 40.7 Å². The SMILES string of the molecule is CCCN(CCC)c1nc(C)cc(C(=O)Nc2c(Cl)cccc2Cl)n1. The second-order valence-corrected chi connectivity index (χ2v) is 6.55. The molecule has 7 heteroatoms. The first-order chi connectivity index (χ1) is 12.0. The Labute approximate surface area is 158 Å². The minimum Gasteiger partial charge on any atom is -0.341 e. The highest BCUT2D eigenvalue weighted by Gasteiger charge is 2.16. The van der Waals surface area contributed by atoms with Crippen LogP contribution in [0.25, 0.3) is 0 Å². The van der Waals surface area contributed by atoms with Crippen molar-refractivity contribution in [3.8, 4) is 0 Å². The molecule has 0 saturated carbocycles. The monoisotopic (exact) mass is 380 g/mol. The highest BCUT2D eigenvalue weighted by Crippen LogP contribution is 2.30. The smallest absolute Gasteiger partial charge is 0.274 e. The molecule has 0 fully saturated rings. The quantitative estimate of drug-likeness (QED) is 0.736. The highest BCUT2D eigenvalue weighted by molar-refractivity contribution is 6.40. The van der Waals surface area contributed by atoms with Gasteiger partial charge in [-0.3, -0.25) is 4.79 Å². The Hall–Kier alpha value is -1.85. The lowest BCUT2D eigenvalue weighted by Crippen LogP contribution is -2.28. The number of aromatic nitrogens is 2. The summed E-state index contributed by atoms with van der Waals surface area (Å²) in [4.78, 5) is 23.6. The second kappa shape index (κ2) is 9.02. The van der Waals surface area contributed by atoms with E-state index in [0.29, 0.717) is 21.7 Å². The van der Waals surface area contributed by atoms with Crippen LogP contribution in [0.3, 0.4) is 0 Å². The molecule has 25 heavy (non-hydrogen) atoms. The number of rotatable bonds is 7. The summed E-state index contributed by atoms with van der Waals surface area (Å²) in [6.45, 7) is 7.74. The lowest BCUT2D eigenvalue weighted by Gasteiger charge is -2.22. The maximum absolute atomic E-state index is 12.6. The first-order valence-electron chi connectivity index (χ1n) is 8.32. The minimum atomic E-state index is -0.366. The molecule has 1 amide bonds. The highest BCUT2D eigenvalue weighted by atomic mass is 35.5. The van der Waals surface area contributed by atoms with Gasteiger partial charge in [0.2, 0.25) is 5.95 Å². The van der Waals surface area contributed by atoms with Gasteiger partial charge in [0.25, 0.3) is 5.91 Å². The molecule has 2 aromatic rings. The van der Waals surface area contributed by atoms with Crippen LogP contribution in [0.15, 0.2) is 24.3 Å². The Balaban J connectivity index is 2.31. The van der Waals surface area contributed by atoms with Crippen LogP contribution in [-0.2, 0) is 0 Å². The number of nitrogens with zero attached hydrogens (tertiary/aromatic N) is 3. The summed E-state index contributed by atoms with van der Waals surface area (Å²) < 4.78 is 0. The molecular weight excluding hydrogens is 359 g/mol. The van der Waals surface area contributed by atoms with Crippen molar-refractivity contribution in [3.05, 3.63) is 45.7 Å². The Morgan fingerprint density at radius 2 is 1.72 bits per heavy atom. The van der Waals surface area contributed by atoms with Crippen LogP contribution in [0.2, 0.25) is 10.0 Å². The number of carbonyl (C=O) groups excluding carboxylic acids is 1. The number of benzene rings is 1. The first-order valence-corrected chi connectivity index (χ1v) is 9.07. The van der Waals surface area contributed by atoms with Crippen LogP contribution >= 0.6 is 23.2 Å². The van der Waals surface area contributed by atoms with Gasteiger partial charge in [0.1, 0.15) is 5.69 Å². The van der Waals surface area contributed by atoms with E-state index in [4.69, 9.17) is 23.2 Å². The number of amides is 1. The van der Waals surface area contributed by atoms with E-state index in [1.165, 1.54) is 0 Å². The number of anilines is 2. The fourth-order valence-electron chi connectivity index (χ4n) is 2.46. The van der Waals surface area contributed by atoms with E-state index in [1.807, 2.05) is 6.92 Å². The van der Waals surface area contributed by atoms with Gasteiger partial charge < -0.3 is 10.2 Å². The molecule has 2 rings (SSSR count). The van der Waals surface area contributed by atoms with Crippen molar-refractivity contribution in [3.63, 3.8) is 0 Å². The fraction of sp³-hybridized carbons (Fsp3) is 0.389. The third-order valence-corrected chi connectivity index (χ3v) is 4.18. The summed E-state index contributed by atoms with van der Waals surface area (Å²) in [6, 6.07) is 6.72. The van der Waals surface area contributed by atoms with E-state index >= 15 is 0 Å². The van der Waals surface area contributed by atoms with Crippen LogP contribution in [-0.4, -0.2) is 29.0 Å². The molecular formula is C18H22Cl2N4O. The number of carbonyl (C=O) groups is 1. The van der Waals surface area contributed by atoms with Gasteiger partial charge in [-0.05, 0) is 38.0 Å². The summed E-state index contributed by atoms with van der Waals surface area (Å²) in [5, 5.41) is 3.50. The zero-order chi connectivity index (χ0) is 18.4. The molecule has 0 aliphatic carbocycles. The molecule has 0 aliphatic rings. The number of hydrogen-bond acceptors (Lipinski definition) is 4. The number of halogens is 2.